The van der Waals surface area contributed by atoms with Gasteiger partial charge in [0.1, 0.15) is 5.60 Å². The number of rotatable bonds is 4. The Balaban J connectivity index is 1.86. The van der Waals surface area contributed by atoms with Crippen molar-refractivity contribution in [1.29, 1.82) is 0 Å². The summed E-state index contributed by atoms with van der Waals surface area (Å²) < 4.78 is 28.1. The molecule has 0 bridgehead atoms. The van der Waals surface area contributed by atoms with Crippen molar-refractivity contribution >= 4 is 21.4 Å². The van der Waals surface area contributed by atoms with Crippen molar-refractivity contribution in [1.82, 2.24) is 4.72 Å². The van der Waals surface area contributed by atoms with Gasteiger partial charge in [0.15, 0.2) is 0 Å². The van der Waals surface area contributed by atoms with E-state index in [1.54, 1.807) is 24.3 Å². The lowest BCUT2D eigenvalue weighted by Crippen LogP contribution is -2.42. The van der Waals surface area contributed by atoms with E-state index in [-0.39, 0.29) is 11.4 Å². The fourth-order valence-corrected chi connectivity index (χ4v) is 5.74. The van der Waals surface area contributed by atoms with Crippen LogP contribution >= 0.6 is 11.3 Å². The molecule has 130 valence electrons. The molecule has 0 radical (unpaired) electrons. The highest BCUT2D eigenvalue weighted by molar-refractivity contribution is 7.89. The fraction of sp³-hybridized carbons (Fsp3) is 0.444. The van der Waals surface area contributed by atoms with Gasteiger partial charge in [-0.1, -0.05) is 6.07 Å². The summed E-state index contributed by atoms with van der Waals surface area (Å²) in [5.74, 6) is 0. The van der Waals surface area contributed by atoms with E-state index >= 15 is 0 Å². The number of sulfonamides is 1. The smallest absolute Gasteiger partial charge is 0.240 e. The van der Waals surface area contributed by atoms with Crippen molar-refractivity contribution in [3.05, 3.63) is 50.7 Å². The molecule has 0 aliphatic heterocycles. The second-order valence-corrected chi connectivity index (χ2v) is 9.41. The Hall–Kier alpha value is -1.21. The monoisotopic (exact) mass is 365 g/mol. The van der Waals surface area contributed by atoms with Crippen molar-refractivity contribution in [2.75, 3.05) is 6.54 Å². The molecule has 1 aliphatic carbocycles. The van der Waals surface area contributed by atoms with Gasteiger partial charge in [0.25, 0.3) is 0 Å². The predicted molar refractivity (Wildman–Crippen MR) is 97.0 cm³/mol. The van der Waals surface area contributed by atoms with E-state index in [1.165, 1.54) is 0 Å². The zero-order valence-corrected chi connectivity index (χ0v) is 15.9. The molecule has 24 heavy (non-hydrogen) atoms. The number of hydrogen-bond acceptors (Lipinski definition) is 4. The SMILES string of the molecule is Cc1cc(C)c(S(=O)(=O)NCC2(O)CCCc3sccc32)cc1C. The van der Waals surface area contributed by atoms with Crippen LogP contribution < -0.4 is 4.72 Å². The molecular formula is C18H23NO3S2. The van der Waals surface area contributed by atoms with E-state index in [0.29, 0.717) is 6.42 Å². The van der Waals surface area contributed by atoms with Gasteiger partial charge in [0, 0.05) is 11.4 Å². The first-order chi connectivity index (χ1) is 11.2. The van der Waals surface area contributed by atoms with Crippen LogP contribution in [0.1, 0.15) is 40.0 Å². The Labute approximate surface area is 147 Å². The largest absolute Gasteiger partial charge is 0.384 e. The molecule has 6 heteroatoms. The van der Waals surface area contributed by atoms with Crippen LogP contribution in [0.4, 0.5) is 0 Å². The summed E-state index contributed by atoms with van der Waals surface area (Å²) in [4.78, 5) is 1.45. The number of thiophene rings is 1. The van der Waals surface area contributed by atoms with Gasteiger partial charge in [0.05, 0.1) is 4.90 Å². The van der Waals surface area contributed by atoms with Crippen LogP contribution in [0.2, 0.25) is 0 Å². The maximum atomic E-state index is 12.7. The van der Waals surface area contributed by atoms with E-state index in [4.69, 9.17) is 0 Å². The Morgan fingerprint density at radius 2 is 1.92 bits per heavy atom. The molecule has 1 unspecified atom stereocenters. The third-order valence-electron chi connectivity index (χ3n) is 4.88. The summed E-state index contributed by atoms with van der Waals surface area (Å²) in [6.07, 6.45) is 2.40. The first kappa shape index (κ1) is 17.6. The second kappa shape index (κ2) is 6.26. The molecular weight excluding hydrogens is 342 g/mol. The Kier molecular flexibility index (Phi) is 4.59. The standard InChI is InChI=1S/C18H23NO3S2/c1-12-9-14(3)17(10-13(12)2)24(21,22)19-11-18(20)7-4-5-16-15(18)6-8-23-16/h6,8-10,19-20H,4-5,7,11H2,1-3H3. The Morgan fingerprint density at radius 3 is 2.67 bits per heavy atom. The number of nitrogens with one attached hydrogen (secondary N) is 1. The normalized spacial score (nSPS) is 20.8. The minimum atomic E-state index is -3.66. The van der Waals surface area contributed by atoms with Crippen LogP contribution in [0.15, 0.2) is 28.5 Å². The van der Waals surface area contributed by atoms with Gasteiger partial charge >= 0.3 is 0 Å². The van der Waals surface area contributed by atoms with Crippen LogP contribution in [-0.4, -0.2) is 20.1 Å². The predicted octanol–water partition coefficient (Wildman–Crippen LogP) is 3.18. The van der Waals surface area contributed by atoms with Gasteiger partial charge in [-0.25, -0.2) is 13.1 Å². The van der Waals surface area contributed by atoms with Gasteiger partial charge in [0.2, 0.25) is 10.0 Å². The molecule has 0 saturated carbocycles. The van der Waals surface area contributed by atoms with Crippen molar-refractivity contribution < 1.29 is 13.5 Å². The number of fused-ring (bicyclic) bond motifs is 1. The zero-order chi connectivity index (χ0) is 17.5. The first-order valence-electron chi connectivity index (χ1n) is 8.10. The van der Waals surface area contributed by atoms with Crippen molar-refractivity contribution in [2.45, 2.75) is 50.5 Å². The zero-order valence-electron chi connectivity index (χ0n) is 14.2. The molecule has 0 spiro atoms. The minimum Gasteiger partial charge on any atom is -0.384 e. The molecule has 1 aliphatic rings. The quantitative estimate of drug-likeness (QED) is 0.874. The third kappa shape index (κ3) is 3.16. The molecule has 3 rings (SSSR count). The molecule has 0 amide bonds. The summed E-state index contributed by atoms with van der Waals surface area (Å²) >= 11 is 1.63. The fourth-order valence-electron chi connectivity index (χ4n) is 3.32. The number of benzene rings is 1. The molecule has 1 aromatic carbocycles. The van der Waals surface area contributed by atoms with Crippen LogP contribution in [0, 0.1) is 20.8 Å². The molecule has 1 heterocycles. The second-order valence-electron chi connectivity index (χ2n) is 6.67. The number of hydrogen-bond donors (Lipinski definition) is 2. The van der Waals surface area contributed by atoms with Crippen molar-refractivity contribution in [3.8, 4) is 0 Å². The van der Waals surface area contributed by atoms with Gasteiger partial charge in [-0.05, 0) is 79.8 Å². The lowest BCUT2D eigenvalue weighted by atomic mass is 9.83. The topological polar surface area (TPSA) is 66.4 Å². The molecule has 4 nitrogen and oxygen atoms in total. The van der Waals surface area contributed by atoms with E-state index in [9.17, 15) is 13.5 Å². The molecule has 1 aromatic heterocycles. The maximum absolute atomic E-state index is 12.7. The Morgan fingerprint density at radius 1 is 1.21 bits per heavy atom. The highest BCUT2D eigenvalue weighted by atomic mass is 32.2. The van der Waals surface area contributed by atoms with E-state index in [0.717, 1.165) is 40.0 Å². The van der Waals surface area contributed by atoms with E-state index in [2.05, 4.69) is 4.72 Å². The molecule has 0 fully saturated rings. The molecule has 0 saturated heterocycles. The molecule has 1 atom stereocenters. The minimum absolute atomic E-state index is 0.00539. The van der Waals surface area contributed by atoms with Gasteiger partial charge in [-0.15, -0.1) is 11.3 Å². The number of aliphatic hydroxyl groups is 1. The summed E-state index contributed by atoms with van der Waals surface area (Å²) in [5, 5.41) is 12.9. The third-order valence-corrected chi connectivity index (χ3v) is 7.40. The number of aryl methyl sites for hydroxylation is 4. The highest BCUT2D eigenvalue weighted by Crippen LogP contribution is 2.38. The molecule has 2 aromatic rings. The van der Waals surface area contributed by atoms with Crippen LogP contribution in [-0.2, 0) is 22.0 Å². The maximum Gasteiger partial charge on any atom is 0.240 e. The average Bonchev–Trinajstić information content (AvgIpc) is 2.99. The lowest BCUT2D eigenvalue weighted by molar-refractivity contribution is 0.0252. The van der Waals surface area contributed by atoms with Crippen LogP contribution in [0.25, 0.3) is 0 Å². The van der Waals surface area contributed by atoms with Gasteiger partial charge < -0.3 is 5.11 Å². The Bertz CT molecular complexity index is 870. The van der Waals surface area contributed by atoms with Crippen LogP contribution in [0.3, 0.4) is 0 Å². The van der Waals surface area contributed by atoms with E-state index < -0.39 is 15.6 Å². The highest BCUT2D eigenvalue weighted by Gasteiger charge is 2.36. The summed E-state index contributed by atoms with van der Waals surface area (Å²) in [5.41, 5.74) is 2.49. The summed E-state index contributed by atoms with van der Waals surface area (Å²) in [6.45, 7) is 5.67. The van der Waals surface area contributed by atoms with Gasteiger partial charge in [-0.3, -0.25) is 0 Å². The van der Waals surface area contributed by atoms with E-state index in [1.807, 2.05) is 31.4 Å². The average molecular weight is 366 g/mol. The summed E-state index contributed by atoms with van der Waals surface area (Å²) in [7, 11) is -3.66. The molecule has 2 N–H and O–H groups in total. The van der Waals surface area contributed by atoms with Crippen LogP contribution in [0.5, 0.6) is 0 Å². The van der Waals surface area contributed by atoms with Gasteiger partial charge in [-0.2, -0.15) is 0 Å². The van der Waals surface area contributed by atoms with Crippen molar-refractivity contribution in [2.24, 2.45) is 0 Å². The first-order valence-corrected chi connectivity index (χ1v) is 10.5. The summed E-state index contributed by atoms with van der Waals surface area (Å²) in [6, 6.07) is 5.50. The van der Waals surface area contributed by atoms with Crippen molar-refractivity contribution in [3.63, 3.8) is 0 Å². The lowest BCUT2D eigenvalue weighted by Gasteiger charge is -2.32.